The van der Waals surface area contributed by atoms with Crippen LogP contribution in [0, 0.1) is 5.82 Å². The number of nitrogens with one attached hydrogen (secondary N) is 2. The number of aromatic amines is 1. The Balaban J connectivity index is 1.26. The second kappa shape index (κ2) is 8.66. The van der Waals surface area contributed by atoms with E-state index in [-0.39, 0.29) is 5.82 Å². The van der Waals surface area contributed by atoms with Crippen LogP contribution in [0.4, 0.5) is 4.39 Å². The van der Waals surface area contributed by atoms with E-state index in [9.17, 15) is 4.39 Å². The first kappa shape index (κ1) is 19.4. The molecule has 2 heterocycles. The molecule has 0 saturated carbocycles. The molecule has 0 fully saturated rings. The van der Waals surface area contributed by atoms with Gasteiger partial charge in [0.05, 0.1) is 0 Å². The highest BCUT2D eigenvalue weighted by atomic mass is 32.2. The topological polar surface area (TPSA) is 27.8 Å². The van der Waals surface area contributed by atoms with Gasteiger partial charge in [0.15, 0.2) is 0 Å². The van der Waals surface area contributed by atoms with Gasteiger partial charge in [0, 0.05) is 40.5 Å². The SMILES string of the molecule is Fc1ccc(SCCCC2Cc3[nH]c4cccc(-c5ccccc5)c4c3CN2)cc1. The molecule has 4 heteroatoms. The number of rotatable bonds is 6. The molecule has 152 valence electrons. The predicted octanol–water partition coefficient (Wildman–Crippen LogP) is 6.56. The summed E-state index contributed by atoms with van der Waals surface area (Å²) in [5.41, 5.74) is 6.60. The van der Waals surface area contributed by atoms with Gasteiger partial charge >= 0.3 is 0 Å². The molecule has 1 unspecified atom stereocenters. The Morgan fingerprint density at radius 2 is 1.77 bits per heavy atom. The van der Waals surface area contributed by atoms with E-state index in [0.717, 1.165) is 36.5 Å². The fourth-order valence-corrected chi connectivity index (χ4v) is 5.29. The van der Waals surface area contributed by atoms with Crippen LogP contribution in [0.3, 0.4) is 0 Å². The average molecular weight is 417 g/mol. The van der Waals surface area contributed by atoms with Crippen LogP contribution in [-0.4, -0.2) is 16.8 Å². The fourth-order valence-electron chi connectivity index (χ4n) is 4.42. The molecule has 0 amide bonds. The second-order valence-corrected chi connectivity index (χ2v) is 9.07. The monoisotopic (exact) mass is 416 g/mol. The van der Waals surface area contributed by atoms with Crippen LogP contribution in [0.2, 0.25) is 0 Å². The first-order chi connectivity index (χ1) is 14.8. The Labute approximate surface area is 180 Å². The number of fused-ring (bicyclic) bond motifs is 3. The number of halogens is 1. The lowest BCUT2D eigenvalue weighted by molar-refractivity contribution is 0.447. The van der Waals surface area contributed by atoms with E-state index >= 15 is 0 Å². The number of thioether (sulfide) groups is 1. The third-order valence-corrected chi connectivity index (χ3v) is 7.00. The molecule has 0 saturated heterocycles. The maximum atomic E-state index is 13.0. The summed E-state index contributed by atoms with van der Waals surface area (Å²) in [5.74, 6) is 0.886. The smallest absolute Gasteiger partial charge is 0.123 e. The van der Waals surface area contributed by atoms with E-state index in [1.165, 1.54) is 45.4 Å². The Kier molecular flexibility index (Phi) is 5.60. The number of H-pyrrole nitrogens is 1. The lowest BCUT2D eigenvalue weighted by Gasteiger charge is -2.24. The first-order valence-corrected chi connectivity index (χ1v) is 11.6. The summed E-state index contributed by atoms with van der Waals surface area (Å²) in [7, 11) is 0. The van der Waals surface area contributed by atoms with Crippen LogP contribution in [-0.2, 0) is 13.0 Å². The van der Waals surface area contributed by atoms with Crippen LogP contribution < -0.4 is 5.32 Å². The molecule has 2 N–H and O–H groups in total. The summed E-state index contributed by atoms with van der Waals surface area (Å²) in [5, 5.41) is 5.12. The van der Waals surface area contributed by atoms with Crippen LogP contribution in [0.1, 0.15) is 24.1 Å². The van der Waals surface area contributed by atoms with Gasteiger partial charge in [-0.05, 0) is 65.6 Å². The van der Waals surface area contributed by atoms with Gasteiger partial charge in [-0.3, -0.25) is 0 Å². The van der Waals surface area contributed by atoms with Crippen molar-refractivity contribution >= 4 is 22.7 Å². The summed E-state index contributed by atoms with van der Waals surface area (Å²) in [6, 6.07) is 24.5. The van der Waals surface area contributed by atoms with Gasteiger partial charge < -0.3 is 10.3 Å². The molecule has 1 aromatic heterocycles. The summed E-state index contributed by atoms with van der Waals surface area (Å²) < 4.78 is 13.0. The van der Waals surface area contributed by atoms with E-state index < -0.39 is 0 Å². The second-order valence-electron chi connectivity index (χ2n) is 7.90. The van der Waals surface area contributed by atoms with Gasteiger partial charge in [-0.2, -0.15) is 0 Å². The van der Waals surface area contributed by atoms with Crippen molar-refractivity contribution < 1.29 is 4.39 Å². The predicted molar refractivity (Wildman–Crippen MR) is 124 cm³/mol. The fraction of sp³-hybridized carbons (Fsp3) is 0.231. The van der Waals surface area contributed by atoms with Crippen molar-refractivity contribution in [2.45, 2.75) is 36.7 Å². The number of hydrogen-bond donors (Lipinski definition) is 2. The molecule has 1 aliphatic rings. The molecule has 0 bridgehead atoms. The van der Waals surface area contributed by atoms with E-state index in [1.54, 1.807) is 11.8 Å². The van der Waals surface area contributed by atoms with E-state index in [2.05, 4.69) is 58.8 Å². The molecule has 1 atom stereocenters. The molecule has 0 radical (unpaired) electrons. The summed E-state index contributed by atoms with van der Waals surface area (Å²) in [4.78, 5) is 4.84. The Morgan fingerprint density at radius 3 is 2.60 bits per heavy atom. The molecular formula is C26H25FN2S. The zero-order chi connectivity index (χ0) is 20.3. The quantitative estimate of drug-likeness (QED) is 0.275. The van der Waals surface area contributed by atoms with Crippen LogP contribution in [0.5, 0.6) is 0 Å². The molecule has 1 aliphatic heterocycles. The highest BCUT2D eigenvalue weighted by molar-refractivity contribution is 7.99. The molecule has 3 aromatic carbocycles. The van der Waals surface area contributed by atoms with Gasteiger partial charge in [0.25, 0.3) is 0 Å². The van der Waals surface area contributed by atoms with E-state index in [4.69, 9.17) is 0 Å². The van der Waals surface area contributed by atoms with Crippen molar-refractivity contribution in [2.75, 3.05) is 5.75 Å². The third kappa shape index (κ3) is 4.03. The minimum atomic E-state index is -0.171. The number of aromatic nitrogens is 1. The van der Waals surface area contributed by atoms with Gasteiger partial charge in [0.2, 0.25) is 0 Å². The van der Waals surface area contributed by atoms with Crippen LogP contribution in [0.25, 0.3) is 22.0 Å². The minimum Gasteiger partial charge on any atom is -0.358 e. The highest BCUT2D eigenvalue weighted by Gasteiger charge is 2.23. The third-order valence-electron chi connectivity index (χ3n) is 5.90. The summed E-state index contributed by atoms with van der Waals surface area (Å²) in [6.07, 6.45) is 3.33. The largest absolute Gasteiger partial charge is 0.358 e. The Morgan fingerprint density at radius 1 is 0.933 bits per heavy atom. The van der Waals surface area contributed by atoms with Gasteiger partial charge in [0.1, 0.15) is 5.82 Å². The normalized spacial score (nSPS) is 16.0. The zero-order valence-electron chi connectivity index (χ0n) is 16.8. The van der Waals surface area contributed by atoms with Gasteiger partial charge in [-0.25, -0.2) is 4.39 Å². The van der Waals surface area contributed by atoms with Crippen molar-refractivity contribution in [1.29, 1.82) is 0 Å². The maximum absolute atomic E-state index is 13.0. The number of hydrogen-bond acceptors (Lipinski definition) is 2. The maximum Gasteiger partial charge on any atom is 0.123 e. The van der Waals surface area contributed by atoms with Crippen molar-refractivity contribution in [3.05, 3.63) is 89.9 Å². The van der Waals surface area contributed by atoms with Crippen molar-refractivity contribution in [2.24, 2.45) is 0 Å². The molecule has 0 aliphatic carbocycles. The minimum absolute atomic E-state index is 0.171. The van der Waals surface area contributed by atoms with Crippen molar-refractivity contribution in [1.82, 2.24) is 10.3 Å². The molecule has 4 aromatic rings. The number of benzene rings is 3. The van der Waals surface area contributed by atoms with Gasteiger partial charge in [-0.15, -0.1) is 11.8 Å². The van der Waals surface area contributed by atoms with Crippen molar-refractivity contribution in [3.8, 4) is 11.1 Å². The highest BCUT2D eigenvalue weighted by Crippen LogP contribution is 2.35. The average Bonchev–Trinajstić information content (AvgIpc) is 3.16. The molecule has 0 spiro atoms. The Hall–Kier alpha value is -2.56. The standard InChI is InChI=1S/C26H25FN2S/c27-19-11-13-21(14-12-19)30-15-5-8-20-16-25-23(17-28-20)26-22(9-4-10-24(26)29-25)18-6-2-1-3-7-18/h1-4,6-7,9-14,20,28-29H,5,8,15-17H2. The first-order valence-electron chi connectivity index (χ1n) is 10.6. The zero-order valence-corrected chi connectivity index (χ0v) is 17.6. The molecule has 2 nitrogen and oxygen atoms in total. The molecule has 5 rings (SSSR count). The van der Waals surface area contributed by atoms with E-state index in [0.29, 0.717) is 6.04 Å². The van der Waals surface area contributed by atoms with Crippen molar-refractivity contribution in [3.63, 3.8) is 0 Å². The summed E-state index contributed by atoms with van der Waals surface area (Å²) in [6.45, 7) is 0.912. The summed E-state index contributed by atoms with van der Waals surface area (Å²) >= 11 is 1.80. The Bertz CT molecular complexity index is 1140. The lowest BCUT2D eigenvalue weighted by Crippen LogP contribution is -2.35. The molecule has 30 heavy (non-hydrogen) atoms. The van der Waals surface area contributed by atoms with Crippen LogP contribution in [0.15, 0.2) is 77.7 Å². The van der Waals surface area contributed by atoms with E-state index in [1.807, 2.05) is 12.1 Å². The lowest BCUT2D eigenvalue weighted by atomic mass is 9.94. The molecular weight excluding hydrogens is 391 g/mol. The van der Waals surface area contributed by atoms with Crippen LogP contribution >= 0.6 is 11.8 Å². The van der Waals surface area contributed by atoms with Gasteiger partial charge in [-0.1, -0.05) is 42.5 Å².